The molecule has 0 aliphatic heterocycles. The summed E-state index contributed by atoms with van der Waals surface area (Å²) in [4.78, 5) is 15.0. The number of methoxy groups -OCH3 is 2. The molecule has 0 aromatic carbocycles. The van der Waals surface area contributed by atoms with Crippen molar-refractivity contribution in [3.05, 3.63) is 12.1 Å². The summed E-state index contributed by atoms with van der Waals surface area (Å²) < 4.78 is 9.46. The van der Waals surface area contributed by atoms with Gasteiger partial charge in [0.15, 0.2) is 0 Å². The standard InChI is InChI=1S/C9H12N2O3S/c1-13-8(12)5-15-7-4-3-6(10)9(11-7)14-2/h3-4H,5,10H2,1-2H3. The van der Waals surface area contributed by atoms with Gasteiger partial charge < -0.3 is 15.2 Å². The van der Waals surface area contributed by atoms with E-state index >= 15 is 0 Å². The number of aromatic nitrogens is 1. The Labute approximate surface area is 92.0 Å². The molecule has 15 heavy (non-hydrogen) atoms. The Hall–Kier alpha value is -1.43. The Balaban J connectivity index is 2.66. The molecule has 0 unspecified atom stereocenters. The quantitative estimate of drug-likeness (QED) is 0.610. The number of hydrogen-bond donors (Lipinski definition) is 1. The van der Waals surface area contributed by atoms with E-state index in [4.69, 9.17) is 10.5 Å². The van der Waals surface area contributed by atoms with Crippen molar-refractivity contribution >= 4 is 23.4 Å². The molecule has 6 heteroatoms. The van der Waals surface area contributed by atoms with Crippen LogP contribution in [0.15, 0.2) is 17.2 Å². The second-order valence-corrected chi connectivity index (χ2v) is 3.61. The molecular formula is C9H12N2O3S. The molecule has 0 bridgehead atoms. The fourth-order valence-electron chi connectivity index (χ4n) is 0.870. The van der Waals surface area contributed by atoms with Gasteiger partial charge >= 0.3 is 5.97 Å². The van der Waals surface area contributed by atoms with Crippen LogP contribution in [0.4, 0.5) is 5.69 Å². The lowest BCUT2D eigenvalue weighted by Gasteiger charge is -2.05. The lowest BCUT2D eigenvalue weighted by atomic mass is 10.4. The van der Waals surface area contributed by atoms with Gasteiger partial charge in [-0.3, -0.25) is 4.79 Å². The van der Waals surface area contributed by atoms with Gasteiger partial charge in [0, 0.05) is 0 Å². The van der Waals surface area contributed by atoms with Gasteiger partial charge in [0.2, 0.25) is 5.88 Å². The van der Waals surface area contributed by atoms with E-state index in [1.54, 1.807) is 12.1 Å². The summed E-state index contributed by atoms with van der Waals surface area (Å²) in [5.41, 5.74) is 6.07. The van der Waals surface area contributed by atoms with Crippen molar-refractivity contribution in [1.82, 2.24) is 4.98 Å². The van der Waals surface area contributed by atoms with Gasteiger partial charge in [-0.05, 0) is 12.1 Å². The zero-order valence-electron chi connectivity index (χ0n) is 8.52. The number of carbonyl (C=O) groups is 1. The normalized spacial score (nSPS) is 9.73. The van der Waals surface area contributed by atoms with Crippen molar-refractivity contribution in [3.8, 4) is 5.88 Å². The van der Waals surface area contributed by atoms with Gasteiger partial charge in [0.05, 0.1) is 25.7 Å². The predicted molar refractivity (Wildman–Crippen MR) is 57.9 cm³/mol. The Morgan fingerprint density at radius 3 is 2.87 bits per heavy atom. The summed E-state index contributed by atoms with van der Waals surface area (Å²) in [6, 6.07) is 3.41. The first-order valence-corrected chi connectivity index (χ1v) is 5.16. The van der Waals surface area contributed by atoms with Crippen molar-refractivity contribution in [2.75, 3.05) is 25.7 Å². The number of thioether (sulfide) groups is 1. The molecule has 2 N–H and O–H groups in total. The van der Waals surface area contributed by atoms with Crippen LogP contribution in [0.2, 0.25) is 0 Å². The molecule has 0 aliphatic carbocycles. The third-order valence-corrected chi connectivity index (χ3v) is 2.53. The Morgan fingerprint density at radius 1 is 1.53 bits per heavy atom. The molecule has 0 aliphatic rings. The Kier molecular flexibility index (Phi) is 4.23. The number of rotatable bonds is 4. The van der Waals surface area contributed by atoms with Crippen LogP contribution in [-0.2, 0) is 9.53 Å². The predicted octanol–water partition coefficient (Wildman–Crippen LogP) is 0.937. The summed E-state index contributed by atoms with van der Waals surface area (Å²) in [5, 5.41) is 0.673. The fraction of sp³-hybridized carbons (Fsp3) is 0.333. The Bertz CT molecular complexity index is 357. The van der Waals surface area contributed by atoms with Crippen LogP contribution in [0.1, 0.15) is 0 Å². The zero-order valence-corrected chi connectivity index (χ0v) is 9.34. The monoisotopic (exact) mass is 228 g/mol. The SMILES string of the molecule is COC(=O)CSc1ccc(N)c(OC)n1. The third kappa shape index (κ3) is 3.32. The van der Waals surface area contributed by atoms with Crippen LogP contribution < -0.4 is 10.5 Å². The summed E-state index contributed by atoms with van der Waals surface area (Å²) in [6.45, 7) is 0. The molecule has 1 aromatic heterocycles. The lowest BCUT2D eigenvalue weighted by Crippen LogP contribution is -2.03. The van der Waals surface area contributed by atoms with Crippen LogP contribution in [-0.4, -0.2) is 30.9 Å². The highest BCUT2D eigenvalue weighted by atomic mass is 32.2. The average molecular weight is 228 g/mol. The third-order valence-electron chi connectivity index (χ3n) is 1.62. The topological polar surface area (TPSA) is 74.4 Å². The number of nitrogen functional groups attached to an aromatic ring is 1. The van der Waals surface area contributed by atoms with E-state index in [1.807, 2.05) is 0 Å². The van der Waals surface area contributed by atoms with Gasteiger partial charge in [-0.2, -0.15) is 0 Å². The molecule has 0 fully saturated rings. The van der Waals surface area contributed by atoms with Gasteiger partial charge in [-0.1, -0.05) is 11.8 Å². The average Bonchev–Trinajstić information content (AvgIpc) is 2.27. The van der Waals surface area contributed by atoms with Crippen molar-refractivity contribution in [2.45, 2.75) is 5.03 Å². The number of anilines is 1. The molecule has 0 saturated carbocycles. The van der Waals surface area contributed by atoms with E-state index in [0.29, 0.717) is 16.6 Å². The van der Waals surface area contributed by atoms with Crippen LogP contribution in [0.25, 0.3) is 0 Å². The smallest absolute Gasteiger partial charge is 0.316 e. The van der Waals surface area contributed by atoms with Gasteiger partial charge in [-0.15, -0.1) is 0 Å². The minimum absolute atomic E-state index is 0.219. The highest BCUT2D eigenvalue weighted by Crippen LogP contribution is 2.23. The molecule has 0 saturated heterocycles. The molecule has 82 valence electrons. The molecule has 0 radical (unpaired) electrons. The molecule has 1 heterocycles. The van der Waals surface area contributed by atoms with Crippen molar-refractivity contribution in [2.24, 2.45) is 0 Å². The molecule has 1 aromatic rings. The van der Waals surface area contributed by atoms with Crippen LogP contribution >= 0.6 is 11.8 Å². The summed E-state index contributed by atoms with van der Waals surface area (Å²) in [6.07, 6.45) is 0. The second kappa shape index (κ2) is 5.45. The Morgan fingerprint density at radius 2 is 2.27 bits per heavy atom. The van der Waals surface area contributed by atoms with Crippen molar-refractivity contribution in [3.63, 3.8) is 0 Å². The first-order chi connectivity index (χ1) is 7.17. The molecular weight excluding hydrogens is 216 g/mol. The van der Waals surface area contributed by atoms with E-state index in [-0.39, 0.29) is 11.7 Å². The number of esters is 1. The molecule has 5 nitrogen and oxygen atoms in total. The maximum atomic E-state index is 10.9. The maximum Gasteiger partial charge on any atom is 0.316 e. The molecule has 0 atom stereocenters. The molecule has 1 rings (SSSR count). The zero-order chi connectivity index (χ0) is 11.3. The number of hydrogen-bond acceptors (Lipinski definition) is 6. The first-order valence-electron chi connectivity index (χ1n) is 4.17. The van der Waals surface area contributed by atoms with Crippen LogP contribution in [0.5, 0.6) is 5.88 Å². The summed E-state index contributed by atoms with van der Waals surface area (Å²) in [7, 11) is 2.84. The van der Waals surface area contributed by atoms with Gasteiger partial charge in [0.25, 0.3) is 0 Å². The van der Waals surface area contributed by atoms with Crippen LogP contribution in [0, 0.1) is 0 Å². The number of nitrogens with zero attached hydrogens (tertiary/aromatic N) is 1. The first kappa shape index (κ1) is 11.6. The van der Waals surface area contributed by atoms with Crippen molar-refractivity contribution < 1.29 is 14.3 Å². The van der Waals surface area contributed by atoms with E-state index in [2.05, 4.69) is 9.72 Å². The van der Waals surface area contributed by atoms with E-state index < -0.39 is 0 Å². The van der Waals surface area contributed by atoms with E-state index in [9.17, 15) is 4.79 Å². The van der Waals surface area contributed by atoms with Gasteiger partial charge in [0.1, 0.15) is 5.03 Å². The molecule has 0 amide bonds. The van der Waals surface area contributed by atoms with E-state index in [0.717, 1.165) is 0 Å². The minimum atomic E-state index is -0.294. The fourth-order valence-corrected chi connectivity index (χ4v) is 1.57. The number of carbonyl (C=O) groups excluding carboxylic acids is 1. The summed E-state index contributed by atoms with van der Waals surface area (Å²) >= 11 is 1.27. The van der Waals surface area contributed by atoms with Crippen LogP contribution in [0.3, 0.4) is 0 Å². The highest BCUT2D eigenvalue weighted by Gasteiger charge is 2.06. The number of ether oxygens (including phenoxy) is 2. The lowest BCUT2D eigenvalue weighted by molar-refractivity contribution is -0.137. The van der Waals surface area contributed by atoms with Gasteiger partial charge in [-0.25, -0.2) is 4.98 Å². The summed E-state index contributed by atoms with van der Waals surface area (Å²) in [5.74, 6) is 0.291. The highest BCUT2D eigenvalue weighted by molar-refractivity contribution is 7.99. The second-order valence-electron chi connectivity index (χ2n) is 2.61. The maximum absolute atomic E-state index is 10.9. The minimum Gasteiger partial charge on any atom is -0.480 e. The largest absolute Gasteiger partial charge is 0.480 e. The number of pyridine rings is 1. The number of nitrogens with two attached hydrogens (primary N) is 1. The molecule has 0 spiro atoms. The van der Waals surface area contributed by atoms with E-state index in [1.165, 1.54) is 26.0 Å². The van der Waals surface area contributed by atoms with Crippen molar-refractivity contribution in [1.29, 1.82) is 0 Å².